The van der Waals surface area contributed by atoms with Crippen molar-refractivity contribution in [2.24, 2.45) is 0 Å². The molecule has 1 atom stereocenters. The van der Waals surface area contributed by atoms with Crippen molar-refractivity contribution in [2.75, 3.05) is 31.3 Å². The Balaban J connectivity index is 2.80. The Morgan fingerprint density at radius 2 is 2.20 bits per heavy atom. The van der Waals surface area contributed by atoms with E-state index in [9.17, 15) is 0 Å². The van der Waals surface area contributed by atoms with E-state index in [1.807, 2.05) is 31.0 Å². The van der Waals surface area contributed by atoms with Crippen LogP contribution in [0.5, 0.6) is 0 Å². The largest absolute Gasteiger partial charge is 0.397 e. The predicted molar refractivity (Wildman–Crippen MR) is 65.6 cm³/mol. The van der Waals surface area contributed by atoms with E-state index in [1.54, 1.807) is 13.2 Å². The molecular weight excluding hydrogens is 212 g/mol. The highest BCUT2D eigenvalue weighted by Gasteiger charge is 2.09. The monoisotopic (exact) mass is 228 g/mol. The first-order valence-corrected chi connectivity index (χ1v) is 5.21. The summed E-state index contributed by atoms with van der Waals surface area (Å²) in [6, 6.07) is 5.46. The number of methoxy groups -OCH3 is 1. The van der Waals surface area contributed by atoms with Crippen LogP contribution in [0.3, 0.4) is 0 Å². The van der Waals surface area contributed by atoms with Gasteiger partial charge < -0.3 is 15.4 Å². The minimum Gasteiger partial charge on any atom is -0.397 e. The number of hydrogen-bond acceptors (Lipinski definition) is 3. The third-order valence-electron chi connectivity index (χ3n) is 2.34. The fraction of sp³-hybridized carbons (Fsp3) is 0.455. The van der Waals surface area contributed by atoms with Crippen LogP contribution >= 0.6 is 11.6 Å². The molecule has 1 aromatic rings. The van der Waals surface area contributed by atoms with Gasteiger partial charge in [0.1, 0.15) is 0 Å². The Labute approximate surface area is 95.8 Å². The van der Waals surface area contributed by atoms with Crippen LogP contribution in [-0.4, -0.2) is 26.8 Å². The molecule has 2 N–H and O–H groups in total. The molecular formula is C11H17ClN2O. The Morgan fingerprint density at radius 1 is 1.53 bits per heavy atom. The van der Waals surface area contributed by atoms with Gasteiger partial charge in [-0.3, -0.25) is 0 Å². The van der Waals surface area contributed by atoms with Gasteiger partial charge in [0.2, 0.25) is 0 Å². The molecule has 0 heterocycles. The maximum atomic E-state index is 5.92. The number of rotatable bonds is 4. The van der Waals surface area contributed by atoms with Crippen LogP contribution in [0.15, 0.2) is 18.2 Å². The minimum atomic E-state index is 0.161. The molecule has 0 spiro atoms. The fourth-order valence-corrected chi connectivity index (χ4v) is 1.57. The van der Waals surface area contributed by atoms with E-state index in [-0.39, 0.29) is 6.10 Å². The van der Waals surface area contributed by atoms with Gasteiger partial charge in [-0.05, 0) is 25.1 Å². The van der Waals surface area contributed by atoms with Crippen molar-refractivity contribution in [3.05, 3.63) is 23.2 Å². The fourth-order valence-electron chi connectivity index (χ4n) is 1.41. The Kier molecular flexibility index (Phi) is 4.24. The predicted octanol–water partition coefficient (Wildman–Crippen LogP) is 2.39. The van der Waals surface area contributed by atoms with Gasteiger partial charge in [-0.2, -0.15) is 0 Å². The lowest BCUT2D eigenvalue weighted by atomic mass is 10.2. The van der Waals surface area contributed by atoms with Gasteiger partial charge in [0, 0.05) is 25.7 Å². The number of nitrogens with zero attached hydrogens (tertiary/aromatic N) is 1. The highest BCUT2D eigenvalue weighted by Crippen LogP contribution is 2.26. The SMILES string of the molecule is COC(C)CN(C)c1cc(Cl)ccc1N. The van der Waals surface area contributed by atoms with Crippen molar-refractivity contribution in [1.29, 1.82) is 0 Å². The summed E-state index contributed by atoms with van der Waals surface area (Å²) in [7, 11) is 3.66. The first-order valence-electron chi connectivity index (χ1n) is 4.83. The zero-order chi connectivity index (χ0) is 11.4. The van der Waals surface area contributed by atoms with E-state index >= 15 is 0 Å². The van der Waals surface area contributed by atoms with Crippen molar-refractivity contribution >= 4 is 23.0 Å². The summed E-state index contributed by atoms with van der Waals surface area (Å²) in [5, 5.41) is 0.691. The number of ether oxygens (including phenoxy) is 1. The molecule has 0 saturated carbocycles. The molecule has 0 saturated heterocycles. The summed E-state index contributed by atoms with van der Waals surface area (Å²) in [5.41, 5.74) is 7.53. The van der Waals surface area contributed by atoms with E-state index in [4.69, 9.17) is 22.1 Å². The van der Waals surface area contributed by atoms with E-state index in [2.05, 4.69) is 0 Å². The molecule has 15 heavy (non-hydrogen) atoms. The summed E-state index contributed by atoms with van der Waals surface area (Å²) >= 11 is 5.92. The summed E-state index contributed by atoms with van der Waals surface area (Å²) < 4.78 is 5.20. The highest BCUT2D eigenvalue weighted by molar-refractivity contribution is 6.31. The zero-order valence-electron chi connectivity index (χ0n) is 9.33. The molecule has 4 heteroatoms. The molecule has 1 aromatic carbocycles. The number of nitrogen functional groups attached to an aromatic ring is 1. The number of likely N-dealkylation sites (N-methyl/N-ethyl adjacent to an activating group) is 1. The van der Waals surface area contributed by atoms with Crippen molar-refractivity contribution < 1.29 is 4.74 Å². The van der Waals surface area contributed by atoms with E-state index in [1.165, 1.54) is 0 Å². The van der Waals surface area contributed by atoms with Crippen molar-refractivity contribution in [3.63, 3.8) is 0 Å². The highest BCUT2D eigenvalue weighted by atomic mass is 35.5. The van der Waals surface area contributed by atoms with Gasteiger partial charge in [0.15, 0.2) is 0 Å². The summed E-state index contributed by atoms with van der Waals surface area (Å²) in [5.74, 6) is 0. The van der Waals surface area contributed by atoms with Crippen LogP contribution < -0.4 is 10.6 Å². The molecule has 0 fully saturated rings. The van der Waals surface area contributed by atoms with Crippen molar-refractivity contribution in [2.45, 2.75) is 13.0 Å². The smallest absolute Gasteiger partial charge is 0.0717 e. The van der Waals surface area contributed by atoms with Crippen molar-refractivity contribution in [1.82, 2.24) is 0 Å². The van der Waals surface area contributed by atoms with Gasteiger partial charge in [-0.15, -0.1) is 0 Å². The first-order chi connectivity index (χ1) is 7.04. The topological polar surface area (TPSA) is 38.5 Å². The number of nitrogens with two attached hydrogens (primary N) is 1. The number of hydrogen-bond donors (Lipinski definition) is 1. The van der Waals surface area contributed by atoms with Gasteiger partial charge in [-0.25, -0.2) is 0 Å². The molecule has 0 aliphatic rings. The number of halogens is 1. The molecule has 1 unspecified atom stereocenters. The molecule has 0 amide bonds. The Bertz CT molecular complexity index is 330. The molecule has 1 rings (SSSR count). The average Bonchev–Trinajstić information content (AvgIpc) is 2.21. The normalized spacial score (nSPS) is 12.5. The van der Waals surface area contributed by atoms with E-state index in [0.717, 1.165) is 17.9 Å². The van der Waals surface area contributed by atoms with Crippen LogP contribution in [0, 0.1) is 0 Å². The second kappa shape index (κ2) is 5.24. The van der Waals surface area contributed by atoms with E-state index < -0.39 is 0 Å². The maximum Gasteiger partial charge on any atom is 0.0717 e. The Hall–Kier alpha value is -0.930. The zero-order valence-corrected chi connectivity index (χ0v) is 10.1. The van der Waals surface area contributed by atoms with Gasteiger partial charge in [-0.1, -0.05) is 11.6 Å². The summed E-state index contributed by atoms with van der Waals surface area (Å²) in [4.78, 5) is 2.04. The molecule has 84 valence electrons. The number of anilines is 2. The van der Waals surface area contributed by atoms with Crippen LogP contribution in [0.4, 0.5) is 11.4 Å². The average molecular weight is 229 g/mol. The molecule has 3 nitrogen and oxygen atoms in total. The minimum absolute atomic E-state index is 0.161. The van der Waals surface area contributed by atoms with Gasteiger partial charge in [0.05, 0.1) is 17.5 Å². The lowest BCUT2D eigenvalue weighted by Crippen LogP contribution is -2.28. The third kappa shape index (κ3) is 3.29. The lowest BCUT2D eigenvalue weighted by molar-refractivity contribution is 0.124. The molecule has 0 aromatic heterocycles. The lowest BCUT2D eigenvalue weighted by Gasteiger charge is -2.24. The molecule has 0 aliphatic carbocycles. The van der Waals surface area contributed by atoms with Gasteiger partial charge in [0.25, 0.3) is 0 Å². The van der Waals surface area contributed by atoms with Crippen LogP contribution in [0.1, 0.15) is 6.92 Å². The molecule has 0 aliphatic heterocycles. The quantitative estimate of drug-likeness (QED) is 0.805. The summed E-state index contributed by atoms with van der Waals surface area (Å²) in [6.45, 7) is 2.79. The van der Waals surface area contributed by atoms with Crippen LogP contribution in [-0.2, 0) is 4.74 Å². The Morgan fingerprint density at radius 3 is 2.80 bits per heavy atom. The maximum absolute atomic E-state index is 5.92. The van der Waals surface area contributed by atoms with E-state index in [0.29, 0.717) is 5.02 Å². The summed E-state index contributed by atoms with van der Waals surface area (Å²) in [6.07, 6.45) is 0.161. The molecule has 0 radical (unpaired) electrons. The van der Waals surface area contributed by atoms with Crippen molar-refractivity contribution in [3.8, 4) is 0 Å². The van der Waals surface area contributed by atoms with Crippen LogP contribution in [0.2, 0.25) is 5.02 Å². The second-order valence-corrected chi connectivity index (χ2v) is 4.07. The van der Waals surface area contributed by atoms with Crippen LogP contribution in [0.25, 0.3) is 0 Å². The molecule has 0 bridgehead atoms. The second-order valence-electron chi connectivity index (χ2n) is 3.63. The number of benzene rings is 1. The standard InChI is InChI=1S/C11H17ClN2O/c1-8(15-3)7-14(2)11-6-9(12)4-5-10(11)13/h4-6,8H,7,13H2,1-3H3. The third-order valence-corrected chi connectivity index (χ3v) is 2.57. The first kappa shape index (κ1) is 12.1. The van der Waals surface area contributed by atoms with Gasteiger partial charge >= 0.3 is 0 Å².